The summed E-state index contributed by atoms with van der Waals surface area (Å²) in [6.45, 7) is 0. The molecule has 1 aromatic carbocycles. The minimum atomic E-state index is 0.649. The molecule has 1 N–H and O–H groups in total. The molecule has 0 fully saturated rings. The Morgan fingerprint density at radius 3 is 2.90 bits per heavy atom. The van der Waals surface area contributed by atoms with E-state index in [2.05, 4.69) is 21.0 Å². The number of hydrogen-bond acceptors (Lipinski definition) is 3. The van der Waals surface area contributed by atoms with Gasteiger partial charge in [0.15, 0.2) is 11.7 Å². The molecule has 4 rings (SSSR count). The van der Waals surface area contributed by atoms with Crippen LogP contribution in [0.5, 0.6) is 0 Å². The highest BCUT2D eigenvalue weighted by Crippen LogP contribution is 2.29. The molecule has 4 heteroatoms. The Morgan fingerprint density at radius 2 is 2.00 bits per heavy atom. The number of benzene rings is 1. The lowest BCUT2D eigenvalue weighted by molar-refractivity contribution is 0.519. The summed E-state index contributed by atoms with van der Waals surface area (Å²) in [6.07, 6.45) is 7.97. The highest BCUT2D eigenvalue weighted by molar-refractivity contribution is 5.93. The van der Waals surface area contributed by atoms with E-state index in [0.717, 1.165) is 27.8 Å². The van der Waals surface area contributed by atoms with Gasteiger partial charge in [-0.1, -0.05) is 24.3 Å². The van der Waals surface area contributed by atoms with Gasteiger partial charge in [0.25, 0.3) is 0 Å². The molecule has 0 unspecified atom stereocenters. The van der Waals surface area contributed by atoms with Crippen LogP contribution in [0.2, 0.25) is 0 Å². The third-order valence-electron chi connectivity index (χ3n) is 3.49. The van der Waals surface area contributed by atoms with Gasteiger partial charge in [0, 0.05) is 35.1 Å². The summed E-state index contributed by atoms with van der Waals surface area (Å²) in [5.41, 5.74) is 3.22. The maximum absolute atomic E-state index is 5.88. The van der Waals surface area contributed by atoms with E-state index in [1.807, 2.05) is 42.7 Å². The molecule has 4 aromatic rings. The average molecular weight is 275 g/mol. The molecule has 0 saturated carbocycles. The summed E-state index contributed by atoms with van der Waals surface area (Å²) in [5.74, 6) is 1.48. The molecule has 0 aliphatic carbocycles. The van der Waals surface area contributed by atoms with Crippen molar-refractivity contribution < 1.29 is 4.42 Å². The third-order valence-corrected chi connectivity index (χ3v) is 3.49. The van der Waals surface area contributed by atoms with Gasteiger partial charge in [0.05, 0.1) is 12.6 Å². The number of hydrogen-bond donors (Lipinski definition) is 1. The Kier molecular flexibility index (Phi) is 2.78. The van der Waals surface area contributed by atoms with Gasteiger partial charge in [-0.15, -0.1) is 0 Å². The van der Waals surface area contributed by atoms with Crippen molar-refractivity contribution in [3.63, 3.8) is 0 Å². The summed E-state index contributed by atoms with van der Waals surface area (Å²) in [4.78, 5) is 11.7. The minimum Gasteiger partial charge on any atom is -0.440 e. The fourth-order valence-corrected chi connectivity index (χ4v) is 2.47. The molecule has 3 aromatic heterocycles. The smallest absolute Gasteiger partial charge is 0.199 e. The van der Waals surface area contributed by atoms with Crippen LogP contribution < -0.4 is 0 Å². The second-order valence-corrected chi connectivity index (χ2v) is 4.90. The molecule has 3 heterocycles. The van der Waals surface area contributed by atoms with Crippen molar-refractivity contribution in [2.24, 2.45) is 0 Å². The first-order valence-electron chi connectivity index (χ1n) is 6.80. The quantitative estimate of drug-likeness (QED) is 0.618. The molecule has 0 spiro atoms. The van der Waals surface area contributed by atoms with E-state index in [1.165, 1.54) is 0 Å². The average Bonchev–Trinajstić information content (AvgIpc) is 3.14. The van der Waals surface area contributed by atoms with Gasteiger partial charge in [-0.25, -0.2) is 4.98 Å². The number of aromatic nitrogens is 3. The number of nitrogens with one attached hydrogen (secondary N) is 1. The van der Waals surface area contributed by atoms with Crippen molar-refractivity contribution in [2.75, 3.05) is 0 Å². The second-order valence-electron chi connectivity index (χ2n) is 4.90. The zero-order valence-electron chi connectivity index (χ0n) is 11.3. The molecule has 0 radical (unpaired) electrons. The molecular weight excluding hydrogens is 262 g/mol. The maximum atomic E-state index is 5.88. The van der Waals surface area contributed by atoms with Crippen LogP contribution in [0.1, 0.15) is 11.5 Å². The summed E-state index contributed by atoms with van der Waals surface area (Å²) >= 11 is 0. The van der Waals surface area contributed by atoms with Gasteiger partial charge < -0.3 is 9.40 Å². The van der Waals surface area contributed by atoms with Crippen LogP contribution in [0.4, 0.5) is 0 Å². The van der Waals surface area contributed by atoms with Gasteiger partial charge >= 0.3 is 0 Å². The lowest BCUT2D eigenvalue weighted by atomic mass is 10.1. The highest BCUT2D eigenvalue weighted by Gasteiger charge is 2.11. The number of oxazole rings is 1. The maximum Gasteiger partial charge on any atom is 0.199 e. The summed E-state index contributed by atoms with van der Waals surface area (Å²) in [6, 6.07) is 12.1. The zero-order chi connectivity index (χ0) is 14.1. The van der Waals surface area contributed by atoms with E-state index in [9.17, 15) is 0 Å². The van der Waals surface area contributed by atoms with Crippen molar-refractivity contribution in [3.8, 4) is 11.3 Å². The van der Waals surface area contributed by atoms with E-state index in [1.54, 1.807) is 12.4 Å². The predicted molar refractivity (Wildman–Crippen MR) is 80.8 cm³/mol. The van der Waals surface area contributed by atoms with Crippen molar-refractivity contribution >= 4 is 10.9 Å². The lowest BCUT2D eigenvalue weighted by Gasteiger charge is -1.96. The molecule has 0 bridgehead atoms. The van der Waals surface area contributed by atoms with E-state index >= 15 is 0 Å². The topological polar surface area (TPSA) is 54.7 Å². The monoisotopic (exact) mass is 275 g/mol. The van der Waals surface area contributed by atoms with E-state index < -0.39 is 0 Å². The van der Waals surface area contributed by atoms with Gasteiger partial charge in [-0.3, -0.25) is 4.98 Å². The van der Waals surface area contributed by atoms with Crippen LogP contribution in [0.25, 0.3) is 22.2 Å². The van der Waals surface area contributed by atoms with Crippen LogP contribution in [-0.4, -0.2) is 15.0 Å². The Hall–Kier alpha value is -2.88. The summed E-state index contributed by atoms with van der Waals surface area (Å²) in [5, 5.41) is 1.14. The Labute approximate surface area is 121 Å². The number of fused-ring (bicyclic) bond motifs is 1. The van der Waals surface area contributed by atoms with E-state index in [-0.39, 0.29) is 0 Å². The Morgan fingerprint density at radius 1 is 1.05 bits per heavy atom. The third kappa shape index (κ3) is 2.21. The molecule has 0 aliphatic rings. The van der Waals surface area contributed by atoms with Crippen LogP contribution in [0.3, 0.4) is 0 Å². The van der Waals surface area contributed by atoms with Crippen LogP contribution in [0, 0.1) is 0 Å². The van der Waals surface area contributed by atoms with Gasteiger partial charge in [0.1, 0.15) is 0 Å². The summed E-state index contributed by atoms with van der Waals surface area (Å²) in [7, 11) is 0. The normalized spacial score (nSPS) is 11.0. The number of H-pyrrole nitrogens is 1. The van der Waals surface area contributed by atoms with Gasteiger partial charge in [-0.05, 0) is 17.7 Å². The summed E-state index contributed by atoms with van der Waals surface area (Å²) < 4.78 is 5.88. The molecule has 4 nitrogen and oxygen atoms in total. The highest BCUT2D eigenvalue weighted by atomic mass is 16.4. The Balaban J connectivity index is 1.68. The lowest BCUT2D eigenvalue weighted by Crippen LogP contribution is -1.87. The van der Waals surface area contributed by atoms with Gasteiger partial charge in [-0.2, -0.15) is 0 Å². The molecule has 0 atom stereocenters. The number of rotatable bonds is 3. The first kappa shape index (κ1) is 11.9. The molecule has 21 heavy (non-hydrogen) atoms. The molecule has 0 amide bonds. The van der Waals surface area contributed by atoms with Crippen molar-refractivity contribution in [1.82, 2.24) is 15.0 Å². The Bertz CT molecular complexity index is 877. The number of nitrogens with zero attached hydrogens (tertiary/aromatic N) is 2. The van der Waals surface area contributed by atoms with Gasteiger partial charge in [0.2, 0.25) is 0 Å². The van der Waals surface area contributed by atoms with Crippen LogP contribution in [-0.2, 0) is 6.42 Å². The first-order chi connectivity index (χ1) is 10.4. The van der Waals surface area contributed by atoms with Crippen molar-refractivity contribution in [2.45, 2.75) is 6.42 Å². The van der Waals surface area contributed by atoms with E-state index in [0.29, 0.717) is 12.3 Å². The molecule has 0 aliphatic heterocycles. The van der Waals surface area contributed by atoms with Crippen LogP contribution >= 0.6 is 0 Å². The van der Waals surface area contributed by atoms with Crippen molar-refractivity contribution in [1.29, 1.82) is 0 Å². The second kappa shape index (κ2) is 4.90. The SMILES string of the molecule is c1cncc(Cc2ncc(-c3c[nH]c4ccccc34)o2)c1. The molecule has 102 valence electrons. The minimum absolute atomic E-state index is 0.649. The zero-order valence-corrected chi connectivity index (χ0v) is 11.3. The first-order valence-corrected chi connectivity index (χ1v) is 6.80. The van der Waals surface area contributed by atoms with Crippen molar-refractivity contribution in [3.05, 3.63) is 72.6 Å². The van der Waals surface area contributed by atoms with Crippen LogP contribution in [0.15, 0.2) is 65.6 Å². The fourth-order valence-electron chi connectivity index (χ4n) is 2.47. The number of aromatic amines is 1. The molecular formula is C17H13N3O. The molecule has 0 saturated heterocycles. The predicted octanol–water partition coefficient (Wildman–Crippen LogP) is 3.81. The number of pyridine rings is 1. The standard InChI is InChI=1S/C17H13N3O/c1-2-6-15-13(5-1)14(10-19-15)16-11-20-17(21-16)8-12-4-3-7-18-9-12/h1-7,9-11,19H,8H2. The van der Waals surface area contributed by atoms with E-state index in [4.69, 9.17) is 4.42 Å². The number of para-hydroxylation sites is 1. The largest absolute Gasteiger partial charge is 0.440 e. The fraction of sp³-hybridized carbons (Fsp3) is 0.0588.